The van der Waals surface area contributed by atoms with Gasteiger partial charge in [-0.2, -0.15) is 0 Å². The van der Waals surface area contributed by atoms with Crippen LogP contribution in [0, 0.1) is 0 Å². The van der Waals surface area contributed by atoms with Crippen LogP contribution in [-0.4, -0.2) is 47.4 Å². The van der Waals surface area contributed by atoms with Gasteiger partial charge in [-0.25, -0.2) is 0 Å². The first-order valence-corrected chi connectivity index (χ1v) is 29.9. The molecule has 0 spiro atoms. The zero-order chi connectivity index (χ0) is 47.9. The predicted octanol–water partition coefficient (Wildman–Crippen LogP) is 18.5. The van der Waals surface area contributed by atoms with Crippen LogP contribution < -0.4 is 5.32 Å². The lowest BCUT2D eigenvalue weighted by molar-refractivity contribution is -0.143. The van der Waals surface area contributed by atoms with Gasteiger partial charge in [-0.15, -0.1) is 0 Å². The number of ether oxygens (including phenoxy) is 1. The fraction of sp³-hybridized carbons (Fsp3) is 0.933. The molecule has 3 N–H and O–H groups in total. The third-order valence-corrected chi connectivity index (χ3v) is 14.1. The summed E-state index contributed by atoms with van der Waals surface area (Å²) in [6.45, 7) is 4.90. The Morgan fingerprint density at radius 3 is 1.08 bits per heavy atom. The number of hydrogen-bond acceptors (Lipinski definition) is 5. The largest absolute Gasteiger partial charge is 0.466 e. The second-order valence-electron chi connectivity index (χ2n) is 20.7. The lowest BCUT2D eigenvalue weighted by Crippen LogP contribution is -2.45. The van der Waals surface area contributed by atoms with E-state index >= 15 is 0 Å². The second-order valence-corrected chi connectivity index (χ2v) is 20.7. The van der Waals surface area contributed by atoms with Crippen LogP contribution in [0.25, 0.3) is 0 Å². The SMILES string of the molecule is CCCCCCCCCCCCCCCCCCCCCCCCCCC(O)C(CO)NC(=O)CCCCCC/C=C\CCCCOC(=O)CCCCCCCCCCCCCCCCC. The molecule has 1 amide bonds. The van der Waals surface area contributed by atoms with Crippen molar-refractivity contribution in [1.82, 2.24) is 5.32 Å². The Morgan fingerprint density at radius 2 is 0.712 bits per heavy atom. The minimum absolute atomic E-state index is 0.0321. The monoisotopic (exact) mass is 932 g/mol. The number of carbonyl (C=O) groups is 2. The van der Waals surface area contributed by atoms with Crippen LogP contribution in [0.3, 0.4) is 0 Å². The van der Waals surface area contributed by atoms with Gasteiger partial charge in [-0.1, -0.05) is 283 Å². The maximum atomic E-state index is 12.5. The van der Waals surface area contributed by atoms with E-state index in [-0.39, 0.29) is 18.5 Å². The van der Waals surface area contributed by atoms with Gasteiger partial charge in [0.2, 0.25) is 5.91 Å². The van der Waals surface area contributed by atoms with Crippen molar-refractivity contribution in [2.45, 2.75) is 347 Å². The van der Waals surface area contributed by atoms with Crippen LogP contribution in [0.5, 0.6) is 0 Å². The minimum Gasteiger partial charge on any atom is -0.466 e. The van der Waals surface area contributed by atoms with E-state index in [1.165, 1.54) is 225 Å². The van der Waals surface area contributed by atoms with Gasteiger partial charge in [0.05, 0.1) is 25.4 Å². The molecule has 2 atom stereocenters. The molecule has 0 radical (unpaired) electrons. The molecule has 6 heteroatoms. The smallest absolute Gasteiger partial charge is 0.305 e. The van der Waals surface area contributed by atoms with Crippen molar-refractivity contribution in [3.05, 3.63) is 12.2 Å². The number of rotatable bonds is 56. The van der Waals surface area contributed by atoms with Crippen molar-refractivity contribution in [3.8, 4) is 0 Å². The predicted molar refractivity (Wildman–Crippen MR) is 287 cm³/mol. The zero-order valence-electron chi connectivity index (χ0n) is 44.7. The van der Waals surface area contributed by atoms with E-state index in [1.54, 1.807) is 0 Å². The molecule has 0 fully saturated rings. The molecule has 0 saturated carbocycles. The van der Waals surface area contributed by atoms with E-state index in [0.717, 1.165) is 77.0 Å². The number of carbonyl (C=O) groups excluding carboxylic acids is 2. The van der Waals surface area contributed by atoms with E-state index in [2.05, 4.69) is 31.3 Å². The zero-order valence-corrected chi connectivity index (χ0v) is 44.7. The summed E-state index contributed by atoms with van der Waals surface area (Å²) in [4.78, 5) is 24.6. The summed E-state index contributed by atoms with van der Waals surface area (Å²) in [5.41, 5.74) is 0. The molecule has 392 valence electrons. The summed E-state index contributed by atoms with van der Waals surface area (Å²) in [6, 6.07) is -0.567. The van der Waals surface area contributed by atoms with E-state index < -0.39 is 12.1 Å². The molecule has 66 heavy (non-hydrogen) atoms. The summed E-state index contributed by atoms with van der Waals surface area (Å²) >= 11 is 0. The van der Waals surface area contributed by atoms with E-state index in [9.17, 15) is 19.8 Å². The molecule has 0 aromatic rings. The standard InChI is InChI=1S/C60H117NO5/c1-3-5-7-9-11-13-15-17-19-20-21-22-23-24-25-26-27-29-30-32-36-40-44-48-52-58(63)57(56-62)61-59(64)53-49-45-41-37-34-35-39-43-47-51-55-66-60(65)54-50-46-42-38-33-31-28-18-16-14-12-10-8-6-4-2/h35,39,57-58,62-63H,3-34,36-38,40-56H2,1-2H3,(H,61,64)/b39-35-. The normalized spacial score (nSPS) is 12.6. The van der Waals surface area contributed by atoms with Crippen LogP contribution in [-0.2, 0) is 14.3 Å². The number of hydrogen-bond donors (Lipinski definition) is 3. The first-order valence-electron chi connectivity index (χ1n) is 29.9. The quantitative estimate of drug-likeness (QED) is 0.0321. The number of aliphatic hydroxyl groups is 2. The third-order valence-electron chi connectivity index (χ3n) is 14.1. The average molecular weight is 933 g/mol. The van der Waals surface area contributed by atoms with E-state index in [1.807, 2.05) is 0 Å². The lowest BCUT2D eigenvalue weighted by Gasteiger charge is -2.22. The maximum Gasteiger partial charge on any atom is 0.305 e. The van der Waals surface area contributed by atoms with Gasteiger partial charge in [-0.3, -0.25) is 9.59 Å². The van der Waals surface area contributed by atoms with Crippen LogP contribution in [0.15, 0.2) is 12.2 Å². The highest BCUT2D eigenvalue weighted by Gasteiger charge is 2.20. The van der Waals surface area contributed by atoms with Gasteiger partial charge in [0, 0.05) is 12.8 Å². The number of esters is 1. The van der Waals surface area contributed by atoms with Gasteiger partial charge in [0.1, 0.15) is 0 Å². The van der Waals surface area contributed by atoms with Gasteiger partial charge < -0.3 is 20.3 Å². The molecule has 0 rings (SSSR count). The first kappa shape index (κ1) is 64.6. The molecule has 0 heterocycles. The molecule has 0 aliphatic rings. The van der Waals surface area contributed by atoms with Crippen molar-refractivity contribution < 1.29 is 24.5 Å². The average Bonchev–Trinajstić information content (AvgIpc) is 3.32. The van der Waals surface area contributed by atoms with Crippen molar-refractivity contribution >= 4 is 11.9 Å². The summed E-state index contributed by atoms with van der Waals surface area (Å²) in [7, 11) is 0. The number of nitrogens with one attached hydrogen (secondary N) is 1. The summed E-state index contributed by atoms with van der Waals surface area (Å²) in [5, 5.41) is 23.3. The number of unbranched alkanes of at least 4 members (excludes halogenated alkanes) is 43. The molecule has 0 aromatic carbocycles. The summed E-state index contributed by atoms with van der Waals surface area (Å²) in [6.07, 6.45) is 66.4. The first-order chi connectivity index (χ1) is 32.5. The van der Waals surface area contributed by atoms with Gasteiger partial charge >= 0.3 is 5.97 Å². The number of allylic oxidation sites excluding steroid dienone is 2. The third kappa shape index (κ3) is 52.0. The van der Waals surface area contributed by atoms with Crippen molar-refractivity contribution in [2.24, 2.45) is 0 Å². The topological polar surface area (TPSA) is 95.9 Å². The van der Waals surface area contributed by atoms with Crippen LogP contribution >= 0.6 is 0 Å². The van der Waals surface area contributed by atoms with Crippen LogP contribution in [0.4, 0.5) is 0 Å². The van der Waals surface area contributed by atoms with Crippen molar-refractivity contribution in [2.75, 3.05) is 13.2 Å². The Kier molecular flexibility index (Phi) is 55.0. The molecular weight excluding hydrogens is 815 g/mol. The molecule has 2 unspecified atom stereocenters. The Hall–Kier alpha value is -1.40. The van der Waals surface area contributed by atoms with Crippen molar-refractivity contribution in [1.29, 1.82) is 0 Å². The molecule has 0 aliphatic carbocycles. The molecule has 0 saturated heterocycles. The Balaban J connectivity index is 3.48. The van der Waals surface area contributed by atoms with Gasteiger partial charge in [-0.05, 0) is 51.4 Å². The Morgan fingerprint density at radius 1 is 0.409 bits per heavy atom. The highest BCUT2D eigenvalue weighted by atomic mass is 16.5. The highest BCUT2D eigenvalue weighted by molar-refractivity contribution is 5.76. The van der Waals surface area contributed by atoms with Gasteiger partial charge in [0.25, 0.3) is 0 Å². The maximum absolute atomic E-state index is 12.5. The minimum atomic E-state index is -0.686. The Labute approximate surface area is 412 Å². The summed E-state index contributed by atoms with van der Waals surface area (Å²) in [5.74, 6) is -0.0985. The van der Waals surface area contributed by atoms with Crippen LogP contribution in [0.2, 0.25) is 0 Å². The fourth-order valence-corrected chi connectivity index (χ4v) is 9.46. The molecule has 0 bridgehead atoms. The summed E-state index contributed by atoms with van der Waals surface area (Å²) < 4.78 is 5.45. The Bertz CT molecular complexity index is 986. The molecular formula is C60H117NO5. The van der Waals surface area contributed by atoms with E-state index in [4.69, 9.17) is 4.74 Å². The van der Waals surface area contributed by atoms with E-state index in [0.29, 0.717) is 25.9 Å². The van der Waals surface area contributed by atoms with Crippen molar-refractivity contribution in [3.63, 3.8) is 0 Å². The fourth-order valence-electron chi connectivity index (χ4n) is 9.46. The van der Waals surface area contributed by atoms with Gasteiger partial charge in [0.15, 0.2) is 0 Å². The molecule has 0 aromatic heterocycles. The second kappa shape index (κ2) is 56.2. The highest BCUT2D eigenvalue weighted by Crippen LogP contribution is 2.18. The van der Waals surface area contributed by atoms with Crippen LogP contribution in [0.1, 0.15) is 335 Å². The lowest BCUT2D eigenvalue weighted by atomic mass is 10.0. The number of aliphatic hydroxyl groups excluding tert-OH is 2. The number of amides is 1. The molecule has 6 nitrogen and oxygen atoms in total. The molecule has 0 aliphatic heterocycles.